The quantitative estimate of drug-likeness (QED) is 0.334. The molecule has 2 aromatic carbocycles. The number of hydrazone groups is 1. The summed E-state index contributed by atoms with van der Waals surface area (Å²) < 4.78 is 0. The summed E-state index contributed by atoms with van der Waals surface area (Å²) in [5, 5.41) is 28.4. The maximum absolute atomic E-state index is 8.88. The Balaban J connectivity index is 2.29. The van der Waals surface area contributed by atoms with Crippen LogP contribution in [0.1, 0.15) is 11.1 Å². The lowest BCUT2D eigenvalue weighted by Crippen LogP contribution is -2.21. The molecule has 2 aromatic rings. The maximum Gasteiger partial charge on any atom is 0.201 e. The van der Waals surface area contributed by atoms with Crippen molar-refractivity contribution in [1.82, 2.24) is 0 Å². The molecule has 2 rings (SSSR count). The Morgan fingerprint density at radius 2 is 1.75 bits per heavy atom. The minimum absolute atomic E-state index is 0.197. The second-order valence-corrected chi connectivity index (χ2v) is 5.15. The first kappa shape index (κ1) is 16.8. The van der Waals surface area contributed by atoms with Gasteiger partial charge in [-0.15, -0.1) is 5.11 Å². The van der Waals surface area contributed by atoms with Gasteiger partial charge in [0.25, 0.3) is 0 Å². The lowest BCUT2D eigenvalue weighted by Gasteiger charge is -2.06. The highest BCUT2D eigenvalue weighted by atomic mass is 15.3. The van der Waals surface area contributed by atoms with Gasteiger partial charge in [0.1, 0.15) is 11.8 Å². The van der Waals surface area contributed by atoms with Gasteiger partial charge in [0, 0.05) is 0 Å². The average Bonchev–Trinajstić information content (AvgIpc) is 2.56. The molecule has 4 N–H and O–H groups in total. The number of hydrogen-bond donors (Lipinski definition) is 3. The van der Waals surface area contributed by atoms with Crippen molar-refractivity contribution in [3.8, 4) is 6.07 Å². The van der Waals surface area contributed by atoms with Gasteiger partial charge in [0.15, 0.2) is 5.84 Å². The molecule has 0 unspecified atom stereocenters. The van der Waals surface area contributed by atoms with Crippen LogP contribution in [0.3, 0.4) is 0 Å². The Bertz CT molecular complexity index is 842. The number of amidine groups is 1. The van der Waals surface area contributed by atoms with E-state index in [1.165, 1.54) is 0 Å². The number of anilines is 1. The van der Waals surface area contributed by atoms with Crippen LogP contribution in [0, 0.1) is 30.6 Å². The van der Waals surface area contributed by atoms with Crippen LogP contribution in [-0.4, -0.2) is 11.5 Å². The van der Waals surface area contributed by atoms with Crippen LogP contribution in [0.2, 0.25) is 0 Å². The Morgan fingerprint density at radius 3 is 2.38 bits per heavy atom. The Labute approximate surface area is 140 Å². The van der Waals surface area contributed by atoms with E-state index in [9.17, 15) is 0 Å². The molecule has 0 bridgehead atoms. The lowest BCUT2D eigenvalue weighted by molar-refractivity contribution is 1.21. The summed E-state index contributed by atoms with van der Waals surface area (Å²) in [6, 6.07) is 14.9. The minimum atomic E-state index is -0.403. The predicted molar refractivity (Wildman–Crippen MR) is 95.1 cm³/mol. The Morgan fingerprint density at radius 1 is 1.08 bits per heavy atom. The van der Waals surface area contributed by atoms with E-state index in [4.69, 9.17) is 16.4 Å². The molecular formula is C17H17N7. The van der Waals surface area contributed by atoms with Crippen LogP contribution in [0.4, 0.5) is 17.1 Å². The summed E-state index contributed by atoms with van der Waals surface area (Å²) in [4.78, 5) is 0. The van der Waals surface area contributed by atoms with Crippen molar-refractivity contribution in [2.24, 2.45) is 21.1 Å². The molecular weight excluding hydrogens is 302 g/mol. The molecule has 0 saturated heterocycles. The van der Waals surface area contributed by atoms with Crippen molar-refractivity contribution in [2.45, 2.75) is 13.8 Å². The highest BCUT2D eigenvalue weighted by Crippen LogP contribution is 2.28. The number of benzene rings is 2. The fourth-order valence-corrected chi connectivity index (χ4v) is 1.80. The van der Waals surface area contributed by atoms with E-state index in [2.05, 4.69) is 20.8 Å². The van der Waals surface area contributed by atoms with Gasteiger partial charge in [-0.25, -0.2) is 0 Å². The number of nitriles is 1. The van der Waals surface area contributed by atoms with Crippen molar-refractivity contribution >= 4 is 28.6 Å². The summed E-state index contributed by atoms with van der Waals surface area (Å²) in [6.07, 6.45) is 0. The van der Waals surface area contributed by atoms with Gasteiger partial charge in [-0.1, -0.05) is 23.8 Å². The molecule has 24 heavy (non-hydrogen) atoms. The van der Waals surface area contributed by atoms with E-state index < -0.39 is 5.84 Å². The van der Waals surface area contributed by atoms with Gasteiger partial charge < -0.3 is 5.73 Å². The molecule has 0 saturated carbocycles. The monoisotopic (exact) mass is 319 g/mol. The van der Waals surface area contributed by atoms with Gasteiger partial charge in [-0.2, -0.15) is 15.5 Å². The topological polar surface area (TPSA) is 123 Å². The fraction of sp³-hybridized carbons (Fsp3) is 0.118. The zero-order valence-electron chi connectivity index (χ0n) is 13.4. The second-order valence-electron chi connectivity index (χ2n) is 5.15. The van der Waals surface area contributed by atoms with Gasteiger partial charge in [-0.3, -0.25) is 10.8 Å². The molecule has 0 heterocycles. The van der Waals surface area contributed by atoms with Crippen molar-refractivity contribution in [1.29, 1.82) is 10.7 Å². The maximum atomic E-state index is 8.88. The molecule has 7 heteroatoms. The van der Waals surface area contributed by atoms with Gasteiger partial charge in [-0.05, 0) is 43.7 Å². The number of aryl methyl sites for hydroxylation is 2. The third kappa shape index (κ3) is 4.48. The van der Waals surface area contributed by atoms with E-state index in [0.717, 1.165) is 16.8 Å². The summed E-state index contributed by atoms with van der Waals surface area (Å²) in [7, 11) is 0. The first-order valence-electron chi connectivity index (χ1n) is 7.17. The number of nitrogens with one attached hydrogen (secondary N) is 2. The third-order valence-electron chi connectivity index (χ3n) is 3.11. The van der Waals surface area contributed by atoms with Gasteiger partial charge >= 0.3 is 0 Å². The van der Waals surface area contributed by atoms with Crippen LogP contribution in [-0.2, 0) is 0 Å². The predicted octanol–water partition coefficient (Wildman–Crippen LogP) is 3.95. The zero-order valence-corrected chi connectivity index (χ0v) is 13.4. The zero-order chi connectivity index (χ0) is 17.5. The van der Waals surface area contributed by atoms with Crippen molar-refractivity contribution in [2.75, 3.05) is 5.43 Å². The van der Waals surface area contributed by atoms with Crippen LogP contribution >= 0.6 is 0 Å². The number of nitrogens with two attached hydrogens (primary N) is 1. The molecule has 0 aliphatic rings. The molecule has 0 aliphatic heterocycles. The molecule has 7 nitrogen and oxygen atoms in total. The smallest absolute Gasteiger partial charge is 0.201 e. The summed E-state index contributed by atoms with van der Waals surface area (Å²) in [5.41, 5.74) is 11.8. The van der Waals surface area contributed by atoms with E-state index in [0.29, 0.717) is 11.4 Å². The van der Waals surface area contributed by atoms with Gasteiger partial charge in [0.2, 0.25) is 5.71 Å². The van der Waals surface area contributed by atoms with Crippen molar-refractivity contribution < 1.29 is 0 Å². The average molecular weight is 319 g/mol. The number of nitrogens with zero attached hydrogens (tertiary/aromatic N) is 4. The normalized spacial score (nSPS) is 11.3. The first-order valence-corrected chi connectivity index (χ1v) is 7.17. The third-order valence-corrected chi connectivity index (χ3v) is 3.11. The van der Waals surface area contributed by atoms with E-state index in [-0.39, 0.29) is 5.71 Å². The molecule has 0 atom stereocenters. The minimum Gasteiger partial charge on any atom is -0.382 e. The van der Waals surface area contributed by atoms with Crippen LogP contribution in [0.25, 0.3) is 0 Å². The fourth-order valence-electron chi connectivity index (χ4n) is 1.80. The van der Waals surface area contributed by atoms with Crippen molar-refractivity contribution in [3.63, 3.8) is 0 Å². The Hall–Kier alpha value is -3.53. The Kier molecular flexibility index (Phi) is 5.36. The lowest BCUT2D eigenvalue weighted by atomic mass is 10.2. The number of rotatable bonds is 5. The molecule has 120 valence electrons. The highest BCUT2D eigenvalue weighted by Gasteiger charge is 2.04. The standard InChI is InChI=1S/C17H17N7/c1-11-3-6-13(7-4-11)21-23-15-9-12(2)5-8-14(15)22-24-16(10-18)17(19)20/h3-9,22H,1-2H3,(H3,19,20)/b23-21?,24-16+. The van der Waals surface area contributed by atoms with Crippen LogP contribution in [0.15, 0.2) is 57.8 Å². The second kappa shape index (κ2) is 7.65. The molecule has 0 aliphatic carbocycles. The van der Waals surface area contributed by atoms with Crippen LogP contribution < -0.4 is 11.2 Å². The van der Waals surface area contributed by atoms with E-state index in [1.807, 2.05) is 50.2 Å². The highest BCUT2D eigenvalue weighted by molar-refractivity contribution is 6.45. The van der Waals surface area contributed by atoms with Crippen molar-refractivity contribution in [3.05, 3.63) is 53.6 Å². The first-order chi connectivity index (χ1) is 11.5. The van der Waals surface area contributed by atoms with E-state index >= 15 is 0 Å². The summed E-state index contributed by atoms with van der Waals surface area (Å²) in [5.74, 6) is -0.403. The summed E-state index contributed by atoms with van der Waals surface area (Å²) in [6.45, 7) is 3.94. The number of azo groups is 1. The molecule has 0 aromatic heterocycles. The SMILES string of the molecule is Cc1ccc(N=Nc2cc(C)ccc2N/N=C(\C#N)C(=N)N)cc1. The largest absolute Gasteiger partial charge is 0.382 e. The van der Waals surface area contributed by atoms with Crippen LogP contribution in [0.5, 0.6) is 0 Å². The molecule has 0 radical (unpaired) electrons. The molecule has 0 amide bonds. The van der Waals surface area contributed by atoms with Gasteiger partial charge in [0.05, 0.1) is 11.4 Å². The molecule has 0 spiro atoms. The summed E-state index contributed by atoms with van der Waals surface area (Å²) >= 11 is 0. The van der Waals surface area contributed by atoms with E-state index in [1.54, 1.807) is 12.1 Å². The number of hydrogen-bond acceptors (Lipinski definition) is 6. The molecule has 0 fully saturated rings.